The van der Waals surface area contributed by atoms with Crippen LogP contribution in [0.2, 0.25) is 5.02 Å². The van der Waals surface area contributed by atoms with Gasteiger partial charge in [0.15, 0.2) is 0 Å². The topological polar surface area (TPSA) is 46.9 Å². The van der Waals surface area contributed by atoms with E-state index in [4.69, 9.17) is 11.6 Å². The number of anilines is 1. The zero-order chi connectivity index (χ0) is 14.7. The van der Waals surface area contributed by atoms with Gasteiger partial charge in [0.2, 0.25) is 5.91 Å². The molecule has 1 heterocycles. The average molecular weight is 292 g/mol. The van der Waals surface area contributed by atoms with Gasteiger partial charge in [0.1, 0.15) is 5.82 Å². The SMILES string of the molecule is CCC(C)C(=O)Nc1cc(C)nn1-c1cccc(Cl)c1. The number of nitrogens with one attached hydrogen (secondary N) is 1. The number of amides is 1. The van der Waals surface area contributed by atoms with Gasteiger partial charge >= 0.3 is 0 Å². The van der Waals surface area contributed by atoms with E-state index in [-0.39, 0.29) is 11.8 Å². The van der Waals surface area contributed by atoms with Crippen LogP contribution in [0.15, 0.2) is 30.3 Å². The van der Waals surface area contributed by atoms with Gasteiger partial charge in [-0.2, -0.15) is 5.10 Å². The predicted molar refractivity (Wildman–Crippen MR) is 81.4 cm³/mol. The minimum Gasteiger partial charge on any atom is -0.310 e. The van der Waals surface area contributed by atoms with Crippen molar-refractivity contribution >= 4 is 23.3 Å². The Kier molecular flexibility index (Phi) is 4.45. The van der Waals surface area contributed by atoms with Crippen LogP contribution in [-0.4, -0.2) is 15.7 Å². The fourth-order valence-corrected chi connectivity index (χ4v) is 2.01. The van der Waals surface area contributed by atoms with Crippen molar-refractivity contribution < 1.29 is 4.79 Å². The van der Waals surface area contributed by atoms with E-state index >= 15 is 0 Å². The van der Waals surface area contributed by atoms with Crippen LogP contribution in [0.25, 0.3) is 5.69 Å². The molecule has 106 valence electrons. The van der Waals surface area contributed by atoms with Crippen molar-refractivity contribution in [2.24, 2.45) is 5.92 Å². The highest BCUT2D eigenvalue weighted by Crippen LogP contribution is 2.20. The monoisotopic (exact) mass is 291 g/mol. The summed E-state index contributed by atoms with van der Waals surface area (Å²) < 4.78 is 1.70. The highest BCUT2D eigenvalue weighted by Gasteiger charge is 2.15. The van der Waals surface area contributed by atoms with E-state index in [9.17, 15) is 4.79 Å². The molecule has 1 aromatic carbocycles. The molecule has 2 rings (SSSR count). The van der Waals surface area contributed by atoms with Crippen LogP contribution in [0.4, 0.5) is 5.82 Å². The van der Waals surface area contributed by atoms with Crippen LogP contribution in [0.5, 0.6) is 0 Å². The van der Waals surface area contributed by atoms with Crippen molar-refractivity contribution in [1.29, 1.82) is 0 Å². The van der Waals surface area contributed by atoms with Crippen molar-refractivity contribution in [3.05, 3.63) is 41.0 Å². The number of nitrogens with zero attached hydrogens (tertiary/aromatic N) is 2. The lowest BCUT2D eigenvalue weighted by molar-refractivity contribution is -0.119. The molecule has 0 bridgehead atoms. The second-order valence-electron chi connectivity index (χ2n) is 4.86. The number of aryl methyl sites for hydroxylation is 1. The van der Waals surface area contributed by atoms with E-state index in [1.807, 2.05) is 45.0 Å². The van der Waals surface area contributed by atoms with E-state index in [2.05, 4.69) is 10.4 Å². The summed E-state index contributed by atoms with van der Waals surface area (Å²) in [6.07, 6.45) is 0.802. The Balaban J connectivity index is 2.33. The number of rotatable bonds is 4. The summed E-state index contributed by atoms with van der Waals surface area (Å²) in [7, 11) is 0. The zero-order valence-corrected chi connectivity index (χ0v) is 12.6. The molecule has 0 fully saturated rings. The van der Waals surface area contributed by atoms with Crippen LogP contribution in [0.1, 0.15) is 26.0 Å². The molecule has 1 atom stereocenters. The summed E-state index contributed by atoms with van der Waals surface area (Å²) in [5.74, 6) is 0.628. The molecule has 0 spiro atoms. The fourth-order valence-electron chi connectivity index (χ4n) is 1.83. The summed E-state index contributed by atoms with van der Waals surface area (Å²) in [4.78, 5) is 12.0. The molecule has 0 radical (unpaired) electrons. The highest BCUT2D eigenvalue weighted by molar-refractivity contribution is 6.30. The van der Waals surface area contributed by atoms with Gasteiger partial charge in [-0.25, -0.2) is 4.68 Å². The lowest BCUT2D eigenvalue weighted by atomic mass is 10.1. The smallest absolute Gasteiger partial charge is 0.228 e. The number of hydrogen-bond donors (Lipinski definition) is 1. The minimum atomic E-state index is -0.0296. The maximum Gasteiger partial charge on any atom is 0.228 e. The molecule has 2 aromatic rings. The first kappa shape index (κ1) is 14.6. The maximum atomic E-state index is 12.0. The molecule has 1 N–H and O–H groups in total. The highest BCUT2D eigenvalue weighted by atomic mass is 35.5. The Morgan fingerprint density at radius 2 is 2.20 bits per heavy atom. The van der Waals surface area contributed by atoms with Gasteiger partial charge in [-0.05, 0) is 31.5 Å². The number of hydrogen-bond acceptors (Lipinski definition) is 2. The first-order valence-electron chi connectivity index (χ1n) is 6.64. The summed E-state index contributed by atoms with van der Waals surface area (Å²) in [5.41, 5.74) is 1.66. The van der Waals surface area contributed by atoms with Crippen LogP contribution in [0, 0.1) is 12.8 Å². The molecule has 0 saturated carbocycles. The number of carbonyl (C=O) groups excluding carboxylic acids is 1. The molecule has 4 nitrogen and oxygen atoms in total. The zero-order valence-electron chi connectivity index (χ0n) is 11.9. The molecule has 0 saturated heterocycles. The Morgan fingerprint density at radius 3 is 2.85 bits per heavy atom. The van der Waals surface area contributed by atoms with Gasteiger partial charge in [-0.3, -0.25) is 4.79 Å². The van der Waals surface area contributed by atoms with Crippen LogP contribution in [-0.2, 0) is 4.79 Å². The summed E-state index contributed by atoms with van der Waals surface area (Å²) in [6, 6.07) is 9.22. The maximum absolute atomic E-state index is 12.0. The third-order valence-electron chi connectivity index (χ3n) is 3.20. The van der Waals surface area contributed by atoms with Crippen molar-refractivity contribution in [1.82, 2.24) is 9.78 Å². The van der Waals surface area contributed by atoms with Crippen molar-refractivity contribution in [2.45, 2.75) is 27.2 Å². The molecule has 1 aromatic heterocycles. The second-order valence-corrected chi connectivity index (χ2v) is 5.30. The minimum absolute atomic E-state index is 0.00400. The average Bonchev–Trinajstić information content (AvgIpc) is 2.78. The Morgan fingerprint density at radius 1 is 1.45 bits per heavy atom. The lowest BCUT2D eigenvalue weighted by Crippen LogP contribution is -2.21. The molecule has 5 heteroatoms. The van der Waals surface area contributed by atoms with Gasteiger partial charge in [-0.1, -0.05) is 31.5 Å². The standard InChI is InChI=1S/C15H18ClN3O/c1-4-10(2)15(20)17-14-8-11(3)18-19(14)13-7-5-6-12(16)9-13/h5-10H,4H2,1-3H3,(H,17,20). The van der Waals surface area contributed by atoms with Crippen LogP contribution >= 0.6 is 11.6 Å². The normalized spacial score (nSPS) is 12.2. The van der Waals surface area contributed by atoms with Crippen LogP contribution < -0.4 is 5.32 Å². The fraction of sp³-hybridized carbons (Fsp3) is 0.333. The van der Waals surface area contributed by atoms with E-state index in [1.54, 1.807) is 10.7 Å². The lowest BCUT2D eigenvalue weighted by Gasteiger charge is -2.12. The molecule has 1 unspecified atom stereocenters. The summed E-state index contributed by atoms with van der Waals surface area (Å²) in [5, 5.41) is 7.96. The number of benzene rings is 1. The van der Waals surface area contributed by atoms with Gasteiger partial charge in [0.05, 0.1) is 11.4 Å². The molecule has 0 aliphatic rings. The van der Waals surface area contributed by atoms with Gasteiger partial charge in [-0.15, -0.1) is 0 Å². The predicted octanol–water partition coefficient (Wildman–Crippen LogP) is 3.82. The van der Waals surface area contributed by atoms with Crippen LogP contribution in [0.3, 0.4) is 0 Å². The van der Waals surface area contributed by atoms with Gasteiger partial charge in [0, 0.05) is 17.0 Å². The van der Waals surface area contributed by atoms with Gasteiger partial charge < -0.3 is 5.32 Å². The van der Waals surface area contributed by atoms with Crippen molar-refractivity contribution in [2.75, 3.05) is 5.32 Å². The third-order valence-corrected chi connectivity index (χ3v) is 3.43. The van der Waals surface area contributed by atoms with E-state index in [0.29, 0.717) is 10.8 Å². The second kappa shape index (κ2) is 6.09. The number of halogens is 1. The largest absolute Gasteiger partial charge is 0.310 e. The molecular formula is C15H18ClN3O. The Labute approximate surface area is 123 Å². The molecule has 0 aliphatic heterocycles. The number of aromatic nitrogens is 2. The van der Waals surface area contributed by atoms with E-state index in [1.165, 1.54) is 0 Å². The molecular weight excluding hydrogens is 274 g/mol. The first-order valence-corrected chi connectivity index (χ1v) is 7.02. The first-order chi connectivity index (χ1) is 9.51. The summed E-state index contributed by atoms with van der Waals surface area (Å²) in [6.45, 7) is 5.78. The number of carbonyl (C=O) groups is 1. The van der Waals surface area contributed by atoms with Crippen molar-refractivity contribution in [3.8, 4) is 5.69 Å². The molecule has 20 heavy (non-hydrogen) atoms. The quantitative estimate of drug-likeness (QED) is 0.931. The Bertz CT molecular complexity index is 621. The Hall–Kier alpha value is -1.81. The molecule has 0 aliphatic carbocycles. The van der Waals surface area contributed by atoms with Gasteiger partial charge in [0.25, 0.3) is 0 Å². The molecule has 1 amide bonds. The van der Waals surface area contributed by atoms with E-state index < -0.39 is 0 Å². The third kappa shape index (κ3) is 3.20. The van der Waals surface area contributed by atoms with E-state index in [0.717, 1.165) is 17.8 Å². The van der Waals surface area contributed by atoms with Crippen molar-refractivity contribution in [3.63, 3.8) is 0 Å². The summed E-state index contributed by atoms with van der Waals surface area (Å²) >= 11 is 6.00.